The minimum absolute atomic E-state index is 0.100. The molecule has 2 atom stereocenters. The van der Waals surface area contributed by atoms with Crippen LogP contribution in [0.1, 0.15) is 58.1 Å². The van der Waals surface area contributed by atoms with Crippen LogP contribution in [0, 0.1) is 5.92 Å². The fraction of sp³-hybridized carbons (Fsp3) is 0.500. The molecule has 1 unspecified atom stereocenters. The fourth-order valence-corrected chi connectivity index (χ4v) is 4.92. The molecule has 3 rings (SSSR count). The van der Waals surface area contributed by atoms with Crippen molar-refractivity contribution in [2.24, 2.45) is 11.7 Å². The summed E-state index contributed by atoms with van der Waals surface area (Å²) in [7, 11) is 0. The first kappa shape index (κ1) is 27.3. The van der Waals surface area contributed by atoms with E-state index >= 15 is 0 Å². The second-order valence-corrected chi connectivity index (χ2v) is 11.0. The summed E-state index contributed by atoms with van der Waals surface area (Å²) in [6.07, 6.45) is 7.09. The highest BCUT2D eigenvalue weighted by atomic mass is 35.5. The maximum Gasteiger partial charge on any atom is 0.239 e. The molecule has 190 valence electrons. The molecule has 0 radical (unpaired) electrons. The quantitative estimate of drug-likeness (QED) is 0.395. The third-order valence-corrected chi connectivity index (χ3v) is 7.02. The SMILES string of the molecule is CC(C)=CCN(c1ccc(CCc2ccc(Cl)cc2)cc1)C1CCCN(C(=O)[C@@H](N)CC(C)C)C1. The molecule has 35 heavy (non-hydrogen) atoms. The number of likely N-dealkylation sites (tertiary alicyclic amines) is 1. The Bertz CT molecular complexity index is 964. The van der Waals surface area contributed by atoms with Gasteiger partial charge in [-0.15, -0.1) is 0 Å². The van der Waals surface area contributed by atoms with Crippen LogP contribution in [0.25, 0.3) is 0 Å². The molecule has 0 aromatic heterocycles. The average Bonchev–Trinajstić information content (AvgIpc) is 2.83. The Labute approximate surface area is 217 Å². The van der Waals surface area contributed by atoms with Crippen LogP contribution in [0.2, 0.25) is 5.02 Å². The zero-order valence-corrected chi connectivity index (χ0v) is 22.6. The highest BCUT2D eigenvalue weighted by Gasteiger charge is 2.30. The summed E-state index contributed by atoms with van der Waals surface area (Å²) < 4.78 is 0. The van der Waals surface area contributed by atoms with Gasteiger partial charge in [-0.1, -0.05) is 61.4 Å². The molecule has 0 spiro atoms. The van der Waals surface area contributed by atoms with Crippen molar-refractivity contribution in [2.45, 2.75) is 71.9 Å². The normalized spacial score (nSPS) is 16.8. The van der Waals surface area contributed by atoms with Crippen molar-refractivity contribution in [3.05, 3.63) is 76.3 Å². The van der Waals surface area contributed by atoms with Gasteiger partial charge in [0.2, 0.25) is 5.91 Å². The number of halogens is 1. The maximum absolute atomic E-state index is 13.0. The maximum atomic E-state index is 13.0. The van der Waals surface area contributed by atoms with Gasteiger partial charge in [-0.2, -0.15) is 0 Å². The van der Waals surface area contributed by atoms with Gasteiger partial charge < -0.3 is 15.5 Å². The second-order valence-electron chi connectivity index (χ2n) is 10.5. The van der Waals surface area contributed by atoms with Gasteiger partial charge in [0.15, 0.2) is 0 Å². The fourth-order valence-electron chi connectivity index (χ4n) is 4.79. The number of rotatable bonds is 10. The van der Waals surface area contributed by atoms with Crippen molar-refractivity contribution in [1.82, 2.24) is 4.90 Å². The highest BCUT2D eigenvalue weighted by Crippen LogP contribution is 2.25. The lowest BCUT2D eigenvalue weighted by molar-refractivity contribution is -0.134. The van der Waals surface area contributed by atoms with Gasteiger partial charge in [-0.3, -0.25) is 4.79 Å². The first-order valence-corrected chi connectivity index (χ1v) is 13.4. The number of allylic oxidation sites excluding steroid dienone is 1. The van der Waals surface area contributed by atoms with E-state index in [2.05, 4.69) is 75.1 Å². The van der Waals surface area contributed by atoms with Crippen molar-refractivity contribution in [1.29, 1.82) is 0 Å². The Morgan fingerprint density at radius 2 is 1.69 bits per heavy atom. The third-order valence-electron chi connectivity index (χ3n) is 6.77. The lowest BCUT2D eigenvalue weighted by atomic mass is 9.99. The molecule has 1 saturated heterocycles. The van der Waals surface area contributed by atoms with Gasteiger partial charge in [0.05, 0.1) is 6.04 Å². The Balaban J connectivity index is 1.70. The molecule has 1 aliphatic heterocycles. The van der Waals surface area contributed by atoms with Gasteiger partial charge in [0.25, 0.3) is 0 Å². The van der Waals surface area contributed by atoms with Crippen LogP contribution >= 0.6 is 11.6 Å². The number of carbonyl (C=O) groups excluding carboxylic acids is 1. The number of anilines is 1. The van der Waals surface area contributed by atoms with Gasteiger partial charge in [-0.25, -0.2) is 0 Å². The van der Waals surface area contributed by atoms with Crippen molar-refractivity contribution in [3.63, 3.8) is 0 Å². The number of aryl methyl sites for hydroxylation is 2. The van der Waals surface area contributed by atoms with Crippen molar-refractivity contribution < 1.29 is 4.79 Å². The Morgan fingerprint density at radius 1 is 1.09 bits per heavy atom. The van der Waals surface area contributed by atoms with Gasteiger partial charge in [0.1, 0.15) is 0 Å². The molecule has 2 aromatic carbocycles. The second kappa shape index (κ2) is 13.1. The molecule has 1 heterocycles. The van der Waals surface area contributed by atoms with E-state index in [-0.39, 0.29) is 11.9 Å². The van der Waals surface area contributed by atoms with Crippen LogP contribution in [0.5, 0.6) is 0 Å². The summed E-state index contributed by atoms with van der Waals surface area (Å²) >= 11 is 6.01. The van der Waals surface area contributed by atoms with E-state index in [9.17, 15) is 4.79 Å². The minimum Gasteiger partial charge on any atom is -0.363 e. The molecule has 2 N–H and O–H groups in total. The summed E-state index contributed by atoms with van der Waals surface area (Å²) in [4.78, 5) is 17.5. The summed E-state index contributed by atoms with van der Waals surface area (Å²) in [6.45, 7) is 10.9. The van der Waals surface area contributed by atoms with Crippen LogP contribution in [-0.2, 0) is 17.6 Å². The van der Waals surface area contributed by atoms with E-state index in [1.165, 1.54) is 22.4 Å². The molecule has 1 amide bonds. The molecule has 1 fully saturated rings. The number of nitrogens with zero attached hydrogens (tertiary/aromatic N) is 2. The first-order valence-electron chi connectivity index (χ1n) is 13.0. The lowest BCUT2D eigenvalue weighted by Crippen LogP contribution is -2.54. The zero-order chi connectivity index (χ0) is 25.4. The Morgan fingerprint density at radius 3 is 2.26 bits per heavy atom. The van der Waals surface area contributed by atoms with E-state index in [4.69, 9.17) is 17.3 Å². The van der Waals surface area contributed by atoms with Crippen molar-refractivity contribution >= 4 is 23.2 Å². The van der Waals surface area contributed by atoms with Crippen molar-refractivity contribution in [3.8, 4) is 0 Å². The molecule has 4 nitrogen and oxygen atoms in total. The lowest BCUT2D eigenvalue weighted by Gasteiger charge is -2.41. The summed E-state index contributed by atoms with van der Waals surface area (Å²) in [5.41, 5.74) is 11.4. The number of nitrogens with two attached hydrogens (primary N) is 1. The standard InChI is InChI=1S/C30H42ClN3O/c1-22(2)17-19-34(28-6-5-18-33(21-28)30(35)29(32)20-23(3)4)27-15-11-25(12-16-27)8-7-24-9-13-26(31)14-10-24/h9-17,23,28-29H,5-8,18-21,32H2,1-4H3/t28?,29-/m0/s1. The smallest absolute Gasteiger partial charge is 0.239 e. The van der Waals surface area contributed by atoms with E-state index in [0.29, 0.717) is 5.92 Å². The average molecular weight is 496 g/mol. The number of hydrogen-bond donors (Lipinski definition) is 1. The van der Waals surface area contributed by atoms with Crippen LogP contribution in [0.3, 0.4) is 0 Å². The summed E-state index contributed by atoms with van der Waals surface area (Å²) in [5.74, 6) is 0.519. The van der Waals surface area contributed by atoms with Gasteiger partial charge in [-0.05, 0) is 87.3 Å². The topological polar surface area (TPSA) is 49.6 Å². The molecule has 0 saturated carbocycles. The van der Waals surface area contributed by atoms with Crippen LogP contribution in [-0.4, -0.2) is 42.5 Å². The molecule has 2 aromatic rings. The van der Waals surface area contributed by atoms with Crippen molar-refractivity contribution in [2.75, 3.05) is 24.5 Å². The number of amides is 1. The minimum atomic E-state index is -0.403. The zero-order valence-electron chi connectivity index (χ0n) is 21.8. The molecule has 0 bridgehead atoms. The van der Waals surface area contributed by atoms with Gasteiger partial charge in [0, 0.05) is 36.4 Å². The summed E-state index contributed by atoms with van der Waals surface area (Å²) in [6, 6.07) is 16.9. The Hall–Kier alpha value is -2.30. The van der Waals surface area contributed by atoms with Gasteiger partial charge >= 0.3 is 0 Å². The predicted molar refractivity (Wildman–Crippen MR) is 149 cm³/mol. The molecule has 0 aliphatic carbocycles. The number of benzene rings is 2. The molecular weight excluding hydrogens is 454 g/mol. The van der Waals surface area contributed by atoms with E-state index in [1.54, 1.807) is 0 Å². The van der Waals surface area contributed by atoms with E-state index < -0.39 is 6.04 Å². The molecular formula is C30H42ClN3O. The van der Waals surface area contributed by atoms with E-state index in [0.717, 1.165) is 56.8 Å². The number of hydrogen-bond acceptors (Lipinski definition) is 3. The summed E-state index contributed by atoms with van der Waals surface area (Å²) in [5, 5.41) is 0.777. The molecule has 1 aliphatic rings. The van der Waals surface area contributed by atoms with Crippen LogP contribution < -0.4 is 10.6 Å². The van der Waals surface area contributed by atoms with Crippen LogP contribution in [0.15, 0.2) is 60.2 Å². The largest absolute Gasteiger partial charge is 0.363 e. The molecule has 5 heteroatoms. The highest BCUT2D eigenvalue weighted by molar-refractivity contribution is 6.30. The number of carbonyl (C=O) groups is 1. The third kappa shape index (κ3) is 8.40. The first-order chi connectivity index (χ1) is 16.7. The monoisotopic (exact) mass is 495 g/mol. The van der Waals surface area contributed by atoms with Crippen LogP contribution in [0.4, 0.5) is 5.69 Å². The predicted octanol–water partition coefficient (Wildman–Crippen LogP) is 6.26. The number of piperidine rings is 1. The Kier molecular flexibility index (Phi) is 10.2. The van der Waals surface area contributed by atoms with E-state index in [1.807, 2.05) is 17.0 Å².